The molecule has 3 rings (SSSR count). The van der Waals surface area contributed by atoms with Crippen LogP contribution in [0, 0.1) is 3.95 Å². The normalized spacial score (nSPS) is 11.9. The molecule has 0 spiro atoms. The Labute approximate surface area is 159 Å². The molecule has 1 atom stereocenters. The van der Waals surface area contributed by atoms with Crippen molar-refractivity contribution in [1.82, 2.24) is 9.78 Å². The Morgan fingerprint density at radius 3 is 2.48 bits per heavy atom. The summed E-state index contributed by atoms with van der Waals surface area (Å²) in [5, 5.41) is 4.11. The molecule has 1 heterocycles. The van der Waals surface area contributed by atoms with Crippen molar-refractivity contribution < 1.29 is 9.53 Å². The van der Waals surface area contributed by atoms with Crippen molar-refractivity contribution in [2.45, 2.75) is 16.5 Å². The fourth-order valence-electron chi connectivity index (χ4n) is 2.24. The van der Waals surface area contributed by atoms with Crippen LogP contribution in [0.25, 0.3) is 5.69 Å². The third-order valence-corrected chi connectivity index (χ3v) is 5.90. The first kappa shape index (κ1) is 17.8. The van der Waals surface area contributed by atoms with E-state index in [4.69, 9.17) is 17.0 Å². The van der Waals surface area contributed by atoms with E-state index in [0.717, 1.165) is 15.6 Å². The largest absolute Gasteiger partial charge is 0.465 e. The van der Waals surface area contributed by atoms with Crippen molar-refractivity contribution in [3.63, 3.8) is 0 Å². The molecule has 0 saturated carbocycles. The van der Waals surface area contributed by atoms with Crippen LogP contribution in [0.1, 0.15) is 17.7 Å². The highest BCUT2D eigenvalue weighted by molar-refractivity contribution is 8.02. The van der Waals surface area contributed by atoms with E-state index < -0.39 is 5.25 Å². The van der Waals surface area contributed by atoms with E-state index in [9.17, 15) is 4.79 Å². The van der Waals surface area contributed by atoms with Crippen LogP contribution in [0.4, 0.5) is 0 Å². The number of carbonyl (C=O) groups is 1. The molecule has 0 N–H and O–H groups in total. The summed E-state index contributed by atoms with van der Waals surface area (Å²) < 4.78 is 8.33. The minimum Gasteiger partial charge on any atom is -0.465 e. The molecule has 128 valence electrons. The van der Waals surface area contributed by atoms with Crippen LogP contribution in [0.2, 0.25) is 0 Å². The van der Waals surface area contributed by atoms with E-state index in [1.807, 2.05) is 60.7 Å². The predicted octanol–water partition coefficient (Wildman–Crippen LogP) is 5.06. The van der Waals surface area contributed by atoms with Crippen molar-refractivity contribution in [3.8, 4) is 5.69 Å². The number of hydrogen-bond donors (Lipinski definition) is 0. The van der Waals surface area contributed by atoms with Crippen LogP contribution in [0.3, 0.4) is 0 Å². The quantitative estimate of drug-likeness (QED) is 0.335. The average molecular weight is 389 g/mol. The lowest BCUT2D eigenvalue weighted by Crippen LogP contribution is -2.13. The van der Waals surface area contributed by atoms with Crippen molar-refractivity contribution in [2.24, 2.45) is 0 Å². The first-order valence-electron chi connectivity index (χ1n) is 7.73. The van der Waals surface area contributed by atoms with Crippen LogP contribution in [0.15, 0.2) is 65.0 Å². The third kappa shape index (κ3) is 4.36. The second-order valence-corrected chi connectivity index (χ2v) is 8.02. The molecular weight excluding hydrogens is 372 g/mol. The van der Waals surface area contributed by atoms with Crippen molar-refractivity contribution in [2.75, 3.05) is 6.61 Å². The second kappa shape index (κ2) is 8.42. The lowest BCUT2D eigenvalue weighted by Gasteiger charge is -2.13. The Morgan fingerprint density at radius 1 is 1.20 bits per heavy atom. The molecule has 25 heavy (non-hydrogen) atoms. The van der Waals surface area contributed by atoms with E-state index in [1.165, 1.54) is 23.1 Å². The Hall–Kier alpha value is -1.96. The molecule has 0 unspecified atom stereocenters. The fourth-order valence-corrected chi connectivity index (χ4v) is 4.79. The van der Waals surface area contributed by atoms with Crippen molar-refractivity contribution in [1.29, 1.82) is 0 Å². The van der Waals surface area contributed by atoms with Gasteiger partial charge in [-0.05, 0) is 36.8 Å². The van der Waals surface area contributed by atoms with Crippen LogP contribution < -0.4 is 0 Å². The molecule has 0 fully saturated rings. The van der Waals surface area contributed by atoms with Gasteiger partial charge >= 0.3 is 5.97 Å². The van der Waals surface area contributed by atoms with Crippen LogP contribution in [-0.4, -0.2) is 22.4 Å². The SMILES string of the molecule is CCOC(=O)[C@H](Sc1nn(-c2ccccc2)c(=S)s1)c1ccccc1. The Bertz CT molecular complexity index is 891. The summed E-state index contributed by atoms with van der Waals surface area (Å²) in [6.07, 6.45) is 0. The number of aromatic nitrogens is 2. The number of para-hydroxylation sites is 1. The van der Waals surface area contributed by atoms with Gasteiger partial charge in [-0.1, -0.05) is 71.6 Å². The average Bonchev–Trinajstić information content (AvgIpc) is 3.02. The van der Waals surface area contributed by atoms with Gasteiger partial charge in [0, 0.05) is 0 Å². The molecular formula is C18H16N2O2S3. The van der Waals surface area contributed by atoms with Gasteiger partial charge in [0.25, 0.3) is 0 Å². The number of rotatable bonds is 6. The number of thioether (sulfide) groups is 1. The van der Waals surface area contributed by atoms with E-state index in [-0.39, 0.29) is 5.97 Å². The van der Waals surface area contributed by atoms with Gasteiger partial charge in [-0.3, -0.25) is 4.79 Å². The molecule has 7 heteroatoms. The highest BCUT2D eigenvalue weighted by Crippen LogP contribution is 2.38. The fraction of sp³-hybridized carbons (Fsp3) is 0.167. The summed E-state index contributed by atoms with van der Waals surface area (Å²) in [7, 11) is 0. The molecule has 3 aromatic rings. The lowest BCUT2D eigenvalue weighted by molar-refractivity contribution is -0.142. The van der Waals surface area contributed by atoms with E-state index in [2.05, 4.69) is 5.10 Å². The number of nitrogens with zero attached hydrogens (tertiary/aromatic N) is 2. The molecule has 0 saturated heterocycles. The third-order valence-electron chi connectivity index (χ3n) is 3.35. The zero-order chi connectivity index (χ0) is 17.6. The Kier molecular flexibility index (Phi) is 6.01. The predicted molar refractivity (Wildman–Crippen MR) is 104 cm³/mol. The lowest BCUT2D eigenvalue weighted by atomic mass is 10.1. The van der Waals surface area contributed by atoms with Crippen molar-refractivity contribution in [3.05, 3.63) is 70.2 Å². The summed E-state index contributed by atoms with van der Waals surface area (Å²) in [5.41, 5.74) is 1.79. The van der Waals surface area contributed by atoms with Gasteiger partial charge in [0.1, 0.15) is 5.25 Å². The van der Waals surface area contributed by atoms with Gasteiger partial charge in [-0.2, -0.15) is 0 Å². The summed E-state index contributed by atoms with van der Waals surface area (Å²) in [6.45, 7) is 2.15. The van der Waals surface area contributed by atoms with Gasteiger partial charge in [0.2, 0.25) is 0 Å². The smallest absolute Gasteiger partial charge is 0.324 e. The molecule has 0 radical (unpaired) electrons. The Morgan fingerprint density at radius 2 is 1.84 bits per heavy atom. The number of benzene rings is 2. The topological polar surface area (TPSA) is 44.1 Å². The Balaban J connectivity index is 1.90. The van der Waals surface area contributed by atoms with E-state index >= 15 is 0 Å². The summed E-state index contributed by atoms with van der Waals surface area (Å²) in [5.74, 6) is -0.272. The van der Waals surface area contributed by atoms with Crippen LogP contribution in [-0.2, 0) is 9.53 Å². The first-order valence-corrected chi connectivity index (χ1v) is 9.83. The molecule has 0 bridgehead atoms. The van der Waals surface area contributed by atoms with E-state index in [0.29, 0.717) is 10.6 Å². The van der Waals surface area contributed by atoms with Gasteiger partial charge in [0.05, 0.1) is 12.3 Å². The number of hydrogen-bond acceptors (Lipinski definition) is 6. The van der Waals surface area contributed by atoms with Gasteiger partial charge in [0.15, 0.2) is 8.29 Å². The zero-order valence-corrected chi connectivity index (χ0v) is 15.9. The van der Waals surface area contributed by atoms with Crippen LogP contribution in [0.5, 0.6) is 0 Å². The number of carbonyl (C=O) groups excluding carboxylic acids is 1. The molecule has 0 aliphatic carbocycles. The summed E-state index contributed by atoms with van der Waals surface area (Å²) in [4.78, 5) is 12.4. The highest BCUT2D eigenvalue weighted by Gasteiger charge is 2.25. The summed E-state index contributed by atoms with van der Waals surface area (Å²) >= 11 is 8.19. The van der Waals surface area contributed by atoms with Crippen LogP contribution >= 0.6 is 35.3 Å². The standard InChI is InChI=1S/C18H16N2O2S3/c1-2-22-16(21)15(13-9-5-3-6-10-13)24-17-19-20(18(23)25-17)14-11-7-4-8-12-14/h3-12,15H,2H2,1H3/t15-/m1/s1. The second-order valence-electron chi connectivity index (χ2n) is 5.04. The van der Waals surface area contributed by atoms with E-state index in [1.54, 1.807) is 11.6 Å². The summed E-state index contributed by atoms with van der Waals surface area (Å²) in [6, 6.07) is 19.3. The minimum atomic E-state index is -0.467. The molecule has 2 aromatic carbocycles. The van der Waals surface area contributed by atoms with Crippen molar-refractivity contribution >= 4 is 41.3 Å². The minimum absolute atomic E-state index is 0.272. The molecule has 0 aliphatic heterocycles. The van der Waals surface area contributed by atoms with Gasteiger partial charge < -0.3 is 4.74 Å². The highest BCUT2D eigenvalue weighted by atomic mass is 32.2. The first-order chi connectivity index (χ1) is 12.2. The molecule has 4 nitrogen and oxygen atoms in total. The maximum atomic E-state index is 12.4. The van der Waals surface area contributed by atoms with Gasteiger partial charge in [-0.15, -0.1) is 5.10 Å². The molecule has 0 amide bonds. The molecule has 1 aromatic heterocycles. The number of ether oxygens (including phenoxy) is 1. The monoisotopic (exact) mass is 388 g/mol. The number of esters is 1. The maximum absolute atomic E-state index is 12.4. The molecule has 0 aliphatic rings. The maximum Gasteiger partial charge on any atom is 0.324 e. The van der Waals surface area contributed by atoms with Gasteiger partial charge in [-0.25, -0.2) is 4.68 Å². The zero-order valence-electron chi connectivity index (χ0n) is 13.5.